The van der Waals surface area contributed by atoms with E-state index >= 15 is 0 Å². The standard InChI is InChI=1S/C12H11F5N2O3/c13-11(14)22-6-1-2-9(18-3-6)19-4-7(10(20)21)8(5-19)12(15,16)17/h1-3,7-8,11H,4-5H2,(H,20,21)/t7-,8-/m1/s1. The number of carboxylic acids is 1. The first-order valence-electron chi connectivity index (χ1n) is 6.14. The van der Waals surface area contributed by atoms with Crippen LogP contribution >= 0.6 is 0 Å². The summed E-state index contributed by atoms with van der Waals surface area (Å²) in [7, 11) is 0. The zero-order valence-corrected chi connectivity index (χ0v) is 10.9. The Labute approximate surface area is 121 Å². The Hall–Kier alpha value is -2.13. The zero-order valence-electron chi connectivity index (χ0n) is 10.9. The number of hydrogen-bond acceptors (Lipinski definition) is 4. The monoisotopic (exact) mass is 326 g/mol. The van der Waals surface area contributed by atoms with E-state index < -0.39 is 37.1 Å². The number of hydrogen-bond donors (Lipinski definition) is 1. The van der Waals surface area contributed by atoms with Gasteiger partial charge in [-0.05, 0) is 12.1 Å². The van der Waals surface area contributed by atoms with E-state index in [0.29, 0.717) is 0 Å². The first kappa shape index (κ1) is 16.2. The van der Waals surface area contributed by atoms with Crippen molar-refractivity contribution < 1.29 is 36.6 Å². The van der Waals surface area contributed by atoms with Gasteiger partial charge in [-0.1, -0.05) is 0 Å². The maximum absolute atomic E-state index is 12.9. The molecule has 1 aliphatic rings. The average Bonchev–Trinajstić information content (AvgIpc) is 2.84. The topological polar surface area (TPSA) is 62.7 Å². The molecule has 2 heterocycles. The quantitative estimate of drug-likeness (QED) is 0.861. The lowest BCUT2D eigenvalue weighted by Gasteiger charge is -2.19. The van der Waals surface area contributed by atoms with Gasteiger partial charge in [0.2, 0.25) is 0 Å². The number of carbonyl (C=O) groups is 1. The van der Waals surface area contributed by atoms with Crippen LogP contribution in [0.2, 0.25) is 0 Å². The van der Waals surface area contributed by atoms with Crippen LogP contribution in [0.15, 0.2) is 18.3 Å². The SMILES string of the molecule is O=C(O)[C@@H]1CN(c2ccc(OC(F)F)cn2)C[C@H]1C(F)(F)F. The van der Waals surface area contributed by atoms with E-state index in [1.54, 1.807) is 0 Å². The highest BCUT2D eigenvalue weighted by Crippen LogP contribution is 2.39. The summed E-state index contributed by atoms with van der Waals surface area (Å²) in [6, 6.07) is 2.33. The number of aliphatic carboxylic acids is 1. The molecular weight excluding hydrogens is 315 g/mol. The molecule has 10 heteroatoms. The molecule has 1 aromatic rings. The second-order valence-corrected chi connectivity index (χ2v) is 4.73. The van der Waals surface area contributed by atoms with Gasteiger partial charge < -0.3 is 14.7 Å². The van der Waals surface area contributed by atoms with Crippen LogP contribution in [0.3, 0.4) is 0 Å². The van der Waals surface area contributed by atoms with Crippen molar-refractivity contribution >= 4 is 11.8 Å². The highest BCUT2D eigenvalue weighted by atomic mass is 19.4. The van der Waals surface area contributed by atoms with Crippen LogP contribution in [0, 0.1) is 11.8 Å². The Balaban J connectivity index is 2.15. The minimum absolute atomic E-state index is 0.0691. The third-order valence-electron chi connectivity index (χ3n) is 3.33. The smallest absolute Gasteiger partial charge is 0.394 e. The molecule has 2 rings (SSSR count). The number of aromatic nitrogens is 1. The molecule has 0 bridgehead atoms. The number of anilines is 1. The van der Waals surface area contributed by atoms with E-state index in [4.69, 9.17) is 5.11 Å². The maximum atomic E-state index is 12.9. The van der Waals surface area contributed by atoms with Crippen molar-refractivity contribution in [2.24, 2.45) is 11.8 Å². The fourth-order valence-corrected chi connectivity index (χ4v) is 2.30. The third kappa shape index (κ3) is 3.55. The Morgan fingerprint density at radius 3 is 2.45 bits per heavy atom. The molecule has 22 heavy (non-hydrogen) atoms. The minimum atomic E-state index is -4.64. The second kappa shape index (κ2) is 5.93. The van der Waals surface area contributed by atoms with Gasteiger partial charge in [0.25, 0.3) is 0 Å². The van der Waals surface area contributed by atoms with Gasteiger partial charge in [-0.25, -0.2) is 4.98 Å². The number of alkyl halides is 5. The molecule has 1 N–H and O–H groups in total. The van der Waals surface area contributed by atoms with Crippen molar-refractivity contribution in [3.05, 3.63) is 18.3 Å². The molecule has 0 aromatic carbocycles. The van der Waals surface area contributed by atoms with Crippen LogP contribution in [0.1, 0.15) is 0 Å². The number of halogens is 5. The van der Waals surface area contributed by atoms with Gasteiger partial charge in [0, 0.05) is 13.1 Å². The van der Waals surface area contributed by atoms with Crippen LogP contribution < -0.4 is 9.64 Å². The molecule has 0 radical (unpaired) electrons. The minimum Gasteiger partial charge on any atom is -0.481 e. The van der Waals surface area contributed by atoms with Crippen LogP contribution in [0.25, 0.3) is 0 Å². The van der Waals surface area contributed by atoms with Gasteiger partial charge in [0.05, 0.1) is 18.0 Å². The predicted molar refractivity (Wildman–Crippen MR) is 63.8 cm³/mol. The summed E-state index contributed by atoms with van der Waals surface area (Å²) in [5, 5.41) is 8.90. The Morgan fingerprint density at radius 1 is 1.36 bits per heavy atom. The molecule has 1 saturated heterocycles. The van der Waals surface area contributed by atoms with Crippen molar-refractivity contribution in [1.29, 1.82) is 0 Å². The first-order chi connectivity index (χ1) is 10.2. The molecule has 1 aliphatic heterocycles. The average molecular weight is 326 g/mol. The summed E-state index contributed by atoms with van der Waals surface area (Å²) in [6.45, 7) is -3.95. The molecule has 0 amide bonds. The van der Waals surface area contributed by atoms with E-state index in [1.807, 2.05) is 0 Å². The molecule has 0 unspecified atom stereocenters. The summed E-state index contributed by atoms with van der Waals surface area (Å²) in [4.78, 5) is 15.8. The third-order valence-corrected chi connectivity index (χ3v) is 3.33. The van der Waals surface area contributed by atoms with Crippen LogP contribution in [-0.2, 0) is 4.79 Å². The van der Waals surface area contributed by atoms with E-state index in [0.717, 1.165) is 17.2 Å². The number of nitrogens with zero attached hydrogens (tertiary/aromatic N) is 2. The van der Waals surface area contributed by atoms with Gasteiger partial charge in [-0.3, -0.25) is 4.79 Å². The number of ether oxygens (including phenoxy) is 1. The number of carboxylic acid groups (broad SMARTS) is 1. The van der Waals surface area contributed by atoms with Gasteiger partial charge in [0.15, 0.2) is 0 Å². The van der Waals surface area contributed by atoms with Gasteiger partial charge in [-0.2, -0.15) is 22.0 Å². The van der Waals surface area contributed by atoms with Crippen molar-refractivity contribution in [3.8, 4) is 5.75 Å². The van der Waals surface area contributed by atoms with Gasteiger partial charge in [0.1, 0.15) is 11.6 Å². The summed E-state index contributed by atoms with van der Waals surface area (Å²) in [5.41, 5.74) is 0. The van der Waals surface area contributed by atoms with Gasteiger partial charge in [-0.15, -0.1) is 0 Å². The summed E-state index contributed by atoms with van der Waals surface area (Å²) in [6.07, 6.45) is -3.70. The molecule has 0 saturated carbocycles. The Morgan fingerprint density at radius 2 is 2.05 bits per heavy atom. The van der Waals surface area contributed by atoms with Gasteiger partial charge >= 0.3 is 18.8 Å². The van der Waals surface area contributed by atoms with E-state index in [2.05, 4.69) is 9.72 Å². The van der Waals surface area contributed by atoms with Crippen LogP contribution in [0.5, 0.6) is 5.75 Å². The van der Waals surface area contributed by atoms with Crippen molar-refractivity contribution in [2.75, 3.05) is 18.0 Å². The van der Waals surface area contributed by atoms with E-state index in [1.165, 1.54) is 6.07 Å². The summed E-state index contributed by atoms with van der Waals surface area (Å²) < 4.78 is 66.6. The predicted octanol–water partition coefficient (Wildman–Crippen LogP) is 2.38. The van der Waals surface area contributed by atoms with Crippen molar-refractivity contribution in [2.45, 2.75) is 12.8 Å². The van der Waals surface area contributed by atoms with Crippen molar-refractivity contribution in [3.63, 3.8) is 0 Å². The second-order valence-electron chi connectivity index (χ2n) is 4.73. The number of rotatable bonds is 4. The summed E-state index contributed by atoms with van der Waals surface area (Å²) >= 11 is 0. The maximum Gasteiger partial charge on any atom is 0.394 e. The Kier molecular flexibility index (Phi) is 4.38. The van der Waals surface area contributed by atoms with Crippen molar-refractivity contribution in [1.82, 2.24) is 4.98 Å². The van der Waals surface area contributed by atoms with Crippen LogP contribution in [-0.4, -0.2) is 41.9 Å². The highest BCUT2D eigenvalue weighted by molar-refractivity contribution is 5.72. The summed E-state index contributed by atoms with van der Waals surface area (Å²) in [5.74, 6) is -5.32. The number of pyridine rings is 1. The lowest BCUT2D eigenvalue weighted by atomic mass is 9.96. The molecule has 5 nitrogen and oxygen atoms in total. The Bertz CT molecular complexity index is 535. The molecule has 122 valence electrons. The van der Waals surface area contributed by atoms with E-state index in [9.17, 15) is 26.7 Å². The zero-order chi connectivity index (χ0) is 16.5. The largest absolute Gasteiger partial charge is 0.481 e. The highest BCUT2D eigenvalue weighted by Gasteiger charge is 2.52. The fraction of sp³-hybridized carbons (Fsp3) is 0.500. The van der Waals surface area contributed by atoms with E-state index in [-0.39, 0.29) is 18.1 Å². The lowest BCUT2D eigenvalue weighted by molar-refractivity contribution is -0.187. The molecule has 0 spiro atoms. The fourth-order valence-electron chi connectivity index (χ4n) is 2.30. The molecule has 2 atom stereocenters. The normalized spacial score (nSPS) is 22.2. The molecule has 0 aliphatic carbocycles. The molecule has 1 fully saturated rings. The molecule has 1 aromatic heterocycles. The van der Waals surface area contributed by atoms with Crippen LogP contribution in [0.4, 0.5) is 27.8 Å². The lowest BCUT2D eigenvalue weighted by Crippen LogP contribution is -2.33. The molecular formula is C12H11F5N2O3. The first-order valence-corrected chi connectivity index (χ1v) is 6.14.